The molecule has 0 amide bonds. The zero-order valence-electron chi connectivity index (χ0n) is 13.6. The maximum atomic E-state index is 12.4. The molecule has 0 saturated heterocycles. The van der Waals surface area contributed by atoms with Crippen LogP contribution >= 0.6 is 11.8 Å². The highest BCUT2D eigenvalue weighted by Gasteiger charge is 2.25. The number of hydrogen-bond donors (Lipinski definition) is 1. The number of nitrogens with two attached hydrogens (primary N) is 1. The Morgan fingerprint density at radius 3 is 2.33 bits per heavy atom. The molecule has 24 heavy (non-hydrogen) atoms. The Morgan fingerprint density at radius 1 is 1.08 bits per heavy atom. The predicted molar refractivity (Wildman–Crippen MR) is 100 cm³/mol. The first-order chi connectivity index (χ1) is 11.4. The van der Waals surface area contributed by atoms with E-state index in [-0.39, 0.29) is 5.37 Å². The number of benzene rings is 2. The average Bonchev–Trinajstić information content (AvgIpc) is 2.81. The second-order valence-corrected chi connectivity index (χ2v) is 9.14. The lowest BCUT2D eigenvalue weighted by Crippen LogP contribution is -2.13. The summed E-state index contributed by atoms with van der Waals surface area (Å²) in [6, 6.07) is 17.6. The fourth-order valence-corrected chi connectivity index (χ4v) is 5.28. The van der Waals surface area contributed by atoms with E-state index in [9.17, 15) is 8.42 Å². The SMILES string of the molecule is CC(N)Sc1c(S(C)(=O)=O)c2ccccc2n1Cc1ccccc1. The Bertz CT molecular complexity index is 961. The van der Waals surface area contributed by atoms with Crippen molar-refractivity contribution >= 4 is 32.5 Å². The predicted octanol–water partition coefficient (Wildman–Crippen LogP) is 3.49. The van der Waals surface area contributed by atoms with Gasteiger partial charge < -0.3 is 10.3 Å². The van der Waals surface area contributed by atoms with Crippen LogP contribution in [0.5, 0.6) is 0 Å². The lowest BCUT2D eigenvalue weighted by Gasteiger charge is -2.13. The highest BCUT2D eigenvalue weighted by molar-refractivity contribution is 8.00. The van der Waals surface area contributed by atoms with Crippen molar-refractivity contribution < 1.29 is 8.42 Å². The van der Waals surface area contributed by atoms with Gasteiger partial charge in [0.05, 0.1) is 15.9 Å². The number of nitrogens with zero attached hydrogens (tertiary/aromatic N) is 1. The molecule has 0 saturated carbocycles. The third kappa shape index (κ3) is 3.36. The van der Waals surface area contributed by atoms with E-state index in [0.29, 0.717) is 16.5 Å². The molecule has 0 fully saturated rings. The molecule has 4 nitrogen and oxygen atoms in total. The second-order valence-electron chi connectivity index (χ2n) is 5.82. The van der Waals surface area contributed by atoms with Crippen LogP contribution in [0.15, 0.2) is 64.5 Å². The molecule has 0 spiro atoms. The Hall–Kier alpha value is -1.76. The van der Waals surface area contributed by atoms with Crippen molar-refractivity contribution in [2.24, 2.45) is 5.73 Å². The number of rotatable bonds is 5. The fraction of sp³-hybridized carbons (Fsp3) is 0.222. The molecular formula is C18H20N2O2S2. The van der Waals surface area contributed by atoms with Crippen LogP contribution in [0.25, 0.3) is 10.9 Å². The first-order valence-corrected chi connectivity index (χ1v) is 10.4. The van der Waals surface area contributed by atoms with Gasteiger partial charge >= 0.3 is 0 Å². The summed E-state index contributed by atoms with van der Waals surface area (Å²) in [5.41, 5.74) is 8.00. The quantitative estimate of drug-likeness (QED) is 0.559. The summed E-state index contributed by atoms with van der Waals surface area (Å²) >= 11 is 1.39. The lowest BCUT2D eigenvalue weighted by atomic mass is 10.2. The maximum absolute atomic E-state index is 12.4. The molecule has 0 bridgehead atoms. The summed E-state index contributed by atoms with van der Waals surface area (Å²) in [5, 5.41) is 1.25. The van der Waals surface area contributed by atoms with Gasteiger partial charge in [0.2, 0.25) is 0 Å². The van der Waals surface area contributed by atoms with Gasteiger partial charge in [-0.15, -0.1) is 0 Å². The molecule has 0 radical (unpaired) electrons. The second kappa shape index (κ2) is 6.63. The Labute approximate surface area is 146 Å². The summed E-state index contributed by atoms with van der Waals surface area (Å²) < 4.78 is 26.9. The molecule has 3 rings (SSSR count). The number of sulfone groups is 1. The van der Waals surface area contributed by atoms with Gasteiger partial charge in [-0.05, 0) is 18.6 Å². The number of para-hydroxylation sites is 1. The van der Waals surface area contributed by atoms with E-state index in [0.717, 1.165) is 16.5 Å². The minimum atomic E-state index is -3.37. The van der Waals surface area contributed by atoms with Crippen molar-refractivity contribution in [3.05, 3.63) is 60.2 Å². The number of aromatic nitrogens is 1. The molecule has 2 aromatic carbocycles. The maximum Gasteiger partial charge on any atom is 0.178 e. The molecular weight excluding hydrogens is 340 g/mol. The van der Waals surface area contributed by atoms with Crippen molar-refractivity contribution in [1.82, 2.24) is 4.57 Å². The van der Waals surface area contributed by atoms with Gasteiger partial charge in [0, 0.05) is 18.2 Å². The highest BCUT2D eigenvalue weighted by atomic mass is 32.2. The van der Waals surface area contributed by atoms with Gasteiger partial charge in [-0.2, -0.15) is 0 Å². The van der Waals surface area contributed by atoms with Crippen molar-refractivity contribution in [2.75, 3.05) is 6.26 Å². The van der Waals surface area contributed by atoms with Crippen LogP contribution in [0.2, 0.25) is 0 Å². The van der Waals surface area contributed by atoms with Gasteiger partial charge in [0.25, 0.3) is 0 Å². The molecule has 0 aliphatic carbocycles. The van der Waals surface area contributed by atoms with Gasteiger partial charge in [-0.1, -0.05) is 60.3 Å². The molecule has 0 aliphatic heterocycles. The molecule has 3 aromatic rings. The lowest BCUT2D eigenvalue weighted by molar-refractivity contribution is 0.598. The zero-order valence-corrected chi connectivity index (χ0v) is 15.3. The van der Waals surface area contributed by atoms with Crippen LogP contribution in [0.1, 0.15) is 12.5 Å². The average molecular weight is 361 g/mol. The normalized spacial score (nSPS) is 13.3. The van der Waals surface area contributed by atoms with Crippen molar-refractivity contribution in [3.63, 3.8) is 0 Å². The van der Waals surface area contributed by atoms with Crippen LogP contribution in [0, 0.1) is 0 Å². The van der Waals surface area contributed by atoms with Gasteiger partial charge in [0.15, 0.2) is 9.84 Å². The number of thioether (sulfide) groups is 1. The van der Waals surface area contributed by atoms with Crippen molar-refractivity contribution in [2.45, 2.75) is 28.8 Å². The number of hydrogen-bond acceptors (Lipinski definition) is 4. The van der Waals surface area contributed by atoms with Gasteiger partial charge in [-0.25, -0.2) is 8.42 Å². The highest BCUT2D eigenvalue weighted by Crippen LogP contribution is 2.38. The molecule has 126 valence electrons. The third-order valence-electron chi connectivity index (χ3n) is 3.73. The standard InChI is InChI=1S/C18H20N2O2S2/c1-13(19)23-18-17(24(2,21)22)15-10-6-7-11-16(15)20(18)12-14-8-4-3-5-9-14/h3-11,13H,12,19H2,1-2H3. The largest absolute Gasteiger partial charge is 0.330 e. The van der Waals surface area contributed by atoms with E-state index < -0.39 is 9.84 Å². The molecule has 1 heterocycles. The first kappa shape index (κ1) is 17.1. The summed E-state index contributed by atoms with van der Waals surface area (Å²) in [7, 11) is -3.37. The minimum Gasteiger partial charge on any atom is -0.330 e. The van der Waals surface area contributed by atoms with E-state index in [1.165, 1.54) is 18.0 Å². The zero-order chi connectivity index (χ0) is 17.3. The molecule has 2 N–H and O–H groups in total. The van der Waals surface area contributed by atoms with Crippen LogP contribution in [0.4, 0.5) is 0 Å². The fourth-order valence-electron chi connectivity index (χ4n) is 2.82. The molecule has 6 heteroatoms. The van der Waals surface area contributed by atoms with E-state index in [4.69, 9.17) is 5.73 Å². The van der Waals surface area contributed by atoms with Crippen molar-refractivity contribution in [1.29, 1.82) is 0 Å². The smallest absolute Gasteiger partial charge is 0.178 e. The van der Waals surface area contributed by atoms with Gasteiger partial charge in [-0.3, -0.25) is 0 Å². The summed E-state index contributed by atoms with van der Waals surface area (Å²) in [6.45, 7) is 2.47. The van der Waals surface area contributed by atoms with Crippen LogP contribution in [-0.4, -0.2) is 24.6 Å². The van der Waals surface area contributed by atoms with E-state index >= 15 is 0 Å². The molecule has 1 atom stereocenters. The third-order valence-corrected chi connectivity index (χ3v) is 6.03. The molecule has 1 unspecified atom stereocenters. The van der Waals surface area contributed by atoms with E-state index in [1.807, 2.05) is 61.5 Å². The Balaban J connectivity index is 2.30. The summed E-state index contributed by atoms with van der Waals surface area (Å²) in [4.78, 5) is 0.372. The monoisotopic (exact) mass is 360 g/mol. The van der Waals surface area contributed by atoms with Crippen LogP contribution in [0.3, 0.4) is 0 Å². The topological polar surface area (TPSA) is 65.1 Å². The Morgan fingerprint density at radius 2 is 1.71 bits per heavy atom. The van der Waals surface area contributed by atoms with E-state index in [1.54, 1.807) is 0 Å². The molecule has 1 aromatic heterocycles. The van der Waals surface area contributed by atoms with Gasteiger partial charge in [0.1, 0.15) is 4.90 Å². The first-order valence-electron chi connectivity index (χ1n) is 7.65. The van der Waals surface area contributed by atoms with E-state index in [2.05, 4.69) is 4.57 Å². The summed E-state index contributed by atoms with van der Waals surface area (Å²) in [5.74, 6) is 0. The van der Waals surface area contributed by atoms with Crippen LogP contribution < -0.4 is 5.73 Å². The minimum absolute atomic E-state index is 0.204. The Kier molecular flexibility index (Phi) is 4.71. The number of fused-ring (bicyclic) bond motifs is 1. The van der Waals surface area contributed by atoms with Crippen LogP contribution in [-0.2, 0) is 16.4 Å². The van der Waals surface area contributed by atoms with Crippen molar-refractivity contribution in [3.8, 4) is 0 Å². The summed E-state index contributed by atoms with van der Waals surface area (Å²) in [6.07, 6.45) is 1.26. The molecule has 0 aliphatic rings.